The van der Waals surface area contributed by atoms with Gasteiger partial charge in [0.15, 0.2) is 0 Å². The second-order valence-corrected chi connectivity index (χ2v) is 8.81. The van der Waals surface area contributed by atoms with Crippen LogP contribution >= 0.6 is 0 Å². The van der Waals surface area contributed by atoms with E-state index in [9.17, 15) is 8.42 Å². The van der Waals surface area contributed by atoms with Gasteiger partial charge in [0.25, 0.3) is 10.2 Å². The zero-order chi connectivity index (χ0) is 21.0. The minimum absolute atomic E-state index is 0.249. The summed E-state index contributed by atoms with van der Waals surface area (Å²) in [5.74, 6) is 0.516. The zero-order valence-electron chi connectivity index (χ0n) is 17.3. The Morgan fingerprint density at radius 2 is 1.90 bits per heavy atom. The zero-order valence-corrected chi connectivity index (χ0v) is 18.1. The van der Waals surface area contributed by atoms with Crippen LogP contribution in [0.15, 0.2) is 24.4 Å². The summed E-state index contributed by atoms with van der Waals surface area (Å²) >= 11 is 0. The monoisotopic (exact) mass is 420 g/mol. The number of nitrogens with one attached hydrogen (secondary N) is 1. The summed E-state index contributed by atoms with van der Waals surface area (Å²) in [6.07, 6.45) is 1.28. The lowest BCUT2D eigenvalue weighted by atomic mass is 10.2. The van der Waals surface area contributed by atoms with Gasteiger partial charge in [0.05, 0.1) is 24.2 Å². The summed E-state index contributed by atoms with van der Waals surface area (Å²) in [6, 6.07) is 5.61. The third-order valence-electron chi connectivity index (χ3n) is 4.74. The van der Waals surface area contributed by atoms with Gasteiger partial charge in [-0.05, 0) is 32.0 Å². The minimum atomic E-state index is -3.49. The Bertz CT molecular complexity index is 911. The van der Waals surface area contributed by atoms with Crippen molar-refractivity contribution in [2.45, 2.75) is 33.8 Å². The first kappa shape index (κ1) is 21.6. The molecule has 158 valence electrons. The molecule has 0 saturated carbocycles. The highest BCUT2D eigenvalue weighted by atomic mass is 32.2. The van der Waals surface area contributed by atoms with E-state index in [0.717, 1.165) is 17.1 Å². The Kier molecular flexibility index (Phi) is 6.78. The molecule has 1 aliphatic heterocycles. The first-order valence-electron chi connectivity index (χ1n) is 9.75. The molecule has 2 aromatic heterocycles. The normalized spacial score (nSPS) is 18.2. The lowest BCUT2D eigenvalue weighted by molar-refractivity contribution is -0.00657. The van der Waals surface area contributed by atoms with E-state index in [1.54, 1.807) is 6.20 Å². The van der Waals surface area contributed by atoms with Crippen molar-refractivity contribution in [2.75, 3.05) is 38.1 Å². The molecule has 1 fully saturated rings. The first-order chi connectivity index (χ1) is 13.8. The van der Waals surface area contributed by atoms with Gasteiger partial charge in [-0.1, -0.05) is 13.8 Å². The van der Waals surface area contributed by atoms with Crippen LogP contribution in [0.3, 0.4) is 0 Å². The Hall–Kier alpha value is -2.14. The summed E-state index contributed by atoms with van der Waals surface area (Å²) < 4.78 is 34.3. The van der Waals surface area contributed by atoms with Crippen LogP contribution in [0.5, 0.6) is 0 Å². The molecule has 0 aliphatic carbocycles. The van der Waals surface area contributed by atoms with Gasteiger partial charge in [0.1, 0.15) is 6.10 Å². The summed E-state index contributed by atoms with van der Waals surface area (Å²) in [7, 11) is -3.49. The molecule has 1 atom stereocenters. The average Bonchev–Trinajstić information content (AvgIpc) is 2.68. The summed E-state index contributed by atoms with van der Waals surface area (Å²) in [5, 5.41) is 3.14. The molecular formula is C19H28N6O3S. The molecule has 29 heavy (non-hydrogen) atoms. The number of nitrogens with zero attached hydrogens (tertiary/aromatic N) is 5. The highest BCUT2D eigenvalue weighted by Crippen LogP contribution is 2.25. The van der Waals surface area contributed by atoms with E-state index in [1.807, 2.05) is 45.9 Å². The third kappa shape index (κ3) is 5.08. The Balaban J connectivity index is 1.71. The molecule has 1 saturated heterocycles. The largest absolute Gasteiger partial charge is 0.369 e. The van der Waals surface area contributed by atoms with E-state index in [-0.39, 0.29) is 6.54 Å². The van der Waals surface area contributed by atoms with Crippen molar-refractivity contribution in [3.8, 4) is 0 Å². The van der Waals surface area contributed by atoms with Gasteiger partial charge in [0, 0.05) is 37.6 Å². The molecule has 3 rings (SSSR count). The number of aromatic nitrogens is 3. The fraction of sp³-hybridized carbons (Fsp3) is 0.526. The molecule has 1 N–H and O–H groups in total. The van der Waals surface area contributed by atoms with Crippen LogP contribution in [0.4, 0.5) is 11.6 Å². The fourth-order valence-electron chi connectivity index (χ4n) is 3.31. The molecule has 2 aromatic rings. The predicted octanol–water partition coefficient (Wildman–Crippen LogP) is 2.19. The quantitative estimate of drug-likeness (QED) is 0.733. The molecule has 0 amide bonds. The molecule has 9 nitrogen and oxygen atoms in total. The summed E-state index contributed by atoms with van der Waals surface area (Å²) in [4.78, 5) is 13.2. The number of morpholine rings is 1. The second kappa shape index (κ2) is 9.12. The SMILES string of the molecule is CCN(CC)S(=O)(=O)N1CCO[C@@H](c2ccc(Nc3nc(C)cc(C)n3)cn2)C1. The Morgan fingerprint density at radius 1 is 1.21 bits per heavy atom. The summed E-state index contributed by atoms with van der Waals surface area (Å²) in [5.41, 5.74) is 3.21. The van der Waals surface area contributed by atoms with E-state index < -0.39 is 16.3 Å². The fourth-order valence-corrected chi connectivity index (χ4v) is 4.92. The minimum Gasteiger partial charge on any atom is -0.369 e. The van der Waals surface area contributed by atoms with Gasteiger partial charge in [-0.2, -0.15) is 17.0 Å². The number of hydrogen-bond donors (Lipinski definition) is 1. The van der Waals surface area contributed by atoms with Crippen LogP contribution in [-0.4, -0.2) is 64.8 Å². The number of hydrogen-bond acceptors (Lipinski definition) is 7. The second-order valence-electron chi connectivity index (χ2n) is 6.88. The van der Waals surface area contributed by atoms with Gasteiger partial charge in [-0.25, -0.2) is 9.97 Å². The van der Waals surface area contributed by atoms with Crippen molar-refractivity contribution in [3.63, 3.8) is 0 Å². The third-order valence-corrected chi connectivity index (χ3v) is 6.90. The van der Waals surface area contributed by atoms with Crippen molar-refractivity contribution in [2.24, 2.45) is 0 Å². The van der Waals surface area contributed by atoms with Gasteiger partial charge < -0.3 is 10.1 Å². The molecule has 0 bridgehead atoms. The van der Waals surface area contributed by atoms with Gasteiger partial charge in [-0.3, -0.25) is 4.98 Å². The Morgan fingerprint density at radius 3 is 2.48 bits per heavy atom. The standard InChI is InChI=1S/C19H28N6O3S/c1-5-24(6-2)29(26,27)25-9-10-28-18(13-25)17-8-7-16(12-20-17)23-19-21-14(3)11-15(4)22-19/h7-8,11-12,18H,5-6,9-10,13H2,1-4H3,(H,21,22,23)/t18-/m1/s1. The van der Waals surface area contributed by atoms with Crippen molar-refractivity contribution in [1.29, 1.82) is 0 Å². The van der Waals surface area contributed by atoms with Crippen molar-refractivity contribution in [3.05, 3.63) is 41.5 Å². The van der Waals surface area contributed by atoms with Crippen LogP contribution in [0.1, 0.15) is 37.0 Å². The molecule has 0 unspecified atom stereocenters. The van der Waals surface area contributed by atoms with Crippen molar-refractivity contribution in [1.82, 2.24) is 23.6 Å². The van der Waals surface area contributed by atoms with Crippen LogP contribution < -0.4 is 5.32 Å². The van der Waals surface area contributed by atoms with E-state index in [2.05, 4.69) is 20.3 Å². The van der Waals surface area contributed by atoms with E-state index >= 15 is 0 Å². The van der Waals surface area contributed by atoms with Crippen molar-refractivity contribution >= 4 is 21.8 Å². The molecule has 0 spiro atoms. The number of aryl methyl sites for hydroxylation is 2. The average molecular weight is 421 g/mol. The number of ether oxygens (including phenoxy) is 1. The summed E-state index contributed by atoms with van der Waals surface area (Å²) in [6.45, 7) is 9.33. The van der Waals surface area contributed by atoms with E-state index in [4.69, 9.17) is 4.74 Å². The van der Waals surface area contributed by atoms with Gasteiger partial charge in [-0.15, -0.1) is 0 Å². The topological polar surface area (TPSA) is 101 Å². The maximum absolute atomic E-state index is 12.8. The Labute approximate surface area is 172 Å². The number of anilines is 2. The lowest BCUT2D eigenvalue weighted by Crippen LogP contribution is -2.49. The lowest BCUT2D eigenvalue weighted by Gasteiger charge is -2.34. The maximum Gasteiger partial charge on any atom is 0.282 e. The molecule has 0 radical (unpaired) electrons. The number of pyridine rings is 1. The van der Waals surface area contributed by atoms with Crippen LogP contribution in [0, 0.1) is 13.8 Å². The van der Waals surface area contributed by atoms with Crippen LogP contribution in [0.25, 0.3) is 0 Å². The molecule has 0 aromatic carbocycles. The van der Waals surface area contributed by atoms with Crippen LogP contribution in [0.2, 0.25) is 0 Å². The predicted molar refractivity (Wildman–Crippen MR) is 111 cm³/mol. The number of rotatable bonds is 7. The van der Waals surface area contributed by atoms with Crippen molar-refractivity contribution < 1.29 is 13.2 Å². The van der Waals surface area contributed by atoms with E-state index in [0.29, 0.717) is 37.9 Å². The maximum atomic E-state index is 12.8. The van der Waals surface area contributed by atoms with E-state index in [1.165, 1.54) is 8.61 Å². The smallest absolute Gasteiger partial charge is 0.282 e. The highest BCUT2D eigenvalue weighted by Gasteiger charge is 2.33. The van der Waals surface area contributed by atoms with Gasteiger partial charge in [0.2, 0.25) is 5.95 Å². The highest BCUT2D eigenvalue weighted by molar-refractivity contribution is 7.86. The molecular weight excluding hydrogens is 392 g/mol. The molecule has 1 aliphatic rings. The molecule has 3 heterocycles. The van der Waals surface area contributed by atoms with Gasteiger partial charge >= 0.3 is 0 Å². The van der Waals surface area contributed by atoms with Crippen LogP contribution in [-0.2, 0) is 14.9 Å². The molecule has 10 heteroatoms. The first-order valence-corrected chi connectivity index (χ1v) is 11.1.